The normalized spacial score (nSPS) is 24.4. The summed E-state index contributed by atoms with van der Waals surface area (Å²) in [4.78, 5) is 0. The predicted octanol–water partition coefficient (Wildman–Crippen LogP) is 4.10. The van der Waals surface area contributed by atoms with Gasteiger partial charge >= 0.3 is 0 Å². The summed E-state index contributed by atoms with van der Waals surface area (Å²) < 4.78 is 6.05. The topological polar surface area (TPSA) is 21.3 Å². The molecule has 2 atom stereocenters. The molecule has 0 radical (unpaired) electrons. The van der Waals surface area contributed by atoms with Gasteiger partial charge < -0.3 is 10.1 Å². The summed E-state index contributed by atoms with van der Waals surface area (Å²) in [5, 5.41) is 3.68. The number of rotatable bonds is 3. The Hall–Kier alpha value is -0.860. The molecular formula is C18H29NO. The van der Waals surface area contributed by atoms with Crippen LogP contribution in [0.2, 0.25) is 0 Å². The van der Waals surface area contributed by atoms with Gasteiger partial charge in [-0.05, 0) is 29.4 Å². The summed E-state index contributed by atoms with van der Waals surface area (Å²) in [7, 11) is 0. The van der Waals surface area contributed by atoms with Crippen LogP contribution >= 0.6 is 0 Å². The number of benzene rings is 1. The van der Waals surface area contributed by atoms with Crippen LogP contribution in [0.15, 0.2) is 24.3 Å². The molecule has 1 aliphatic rings. The van der Waals surface area contributed by atoms with E-state index in [2.05, 4.69) is 57.3 Å². The number of hydrogen-bond acceptors (Lipinski definition) is 2. The molecule has 1 fully saturated rings. The van der Waals surface area contributed by atoms with Gasteiger partial charge in [-0.2, -0.15) is 0 Å². The zero-order valence-corrected chi connectivity index (χ0v) is 13.4. The fourth-order valence-electron chi connectivity index (χ4n) is 2.88. The molecule has 0 amide bonds. The Balaban J connectivity index is 1.99. The lowest BCUT2D eigenvalue weighted by molar-refractivity contribution is 0.0654. The summed E-state index contributed by atoms with van der Waals surface area (Å²) in [6.45, 7) is 10.9. The molecule has 2 heteroatoms. The zero-order valence-electron chi connectivity index (χ0n) is 13.4. The molecule has 1 aromatic carbocycles. The van der Waals surface area contributed by atoms with Crippen molar-refractivity contribution >= 4 is 0 Å². The first kappa shape index (κ1) is 15.5. The molecule has 1 saturated heterocycles. The lowest BCUT2D eigenvalue weighted by Gasteiger charge is -2.30. The van der Waals surface area contributed by atoms with Crippen molar-refractivity contribution in [2.75, 3.05) is 13.2 Å². The van der Waals surface area contributed by atoms with Crippen LogP contribution in [0.25, 0.3) is 0 Å². The van der Waals surface area contributed by atoms with Crippen LogP contribution in [-0.2, 0) is 11.2 Å². The second-order valence-electron chi connectivity index (χ2n) is 6.97. The molecule has 0 spiro atoms. The fourth-order valence-corrected chi connectivity index (χ4v) is 2.88. The Kier molecular flexibility index (Phi) is 5.22. The van der Waals surface area contributed by atoms with Gasteiger partial charge in [-0.3, -0.25) is 0 Å². The highest BCUT2D eigenvalue weighted by atomic mass is 16.5. The Morgan fingerprint density at radius 3 is 2.50 bits per heavy atom. The fraction of sp³-hybridized carbons (Fsp3) is 0.667. The molecule has 0 bridgehead atoms. The molecule has 0 saturated carbocycles. The Morgan fingerprint density at radius 1 is 1.20 bits per heavy atom. The first-order valence-corrected chi connectivity index (χ1v) is 7.94. The minimum atomic E-state index is 0.193. The van der Waals surface area contributed by atoms with E-state index >= 15 is 0 Å². The highest BCUT2D eigenvalue weighted by Crippen LogP contribution is 2.27. The molecule has 112 valence electrons. The van der Waals surface area contributed by atoms with Gasteiger partial charge in [0.15, 0.2) is 0 Å². The van der Waals surface area contributed by atoms with Crippen molar-refractivity contribution in [1.82, 2.24) is 5.32 Å². The van der Waals surface area contributed by atoms with Crippen molar-refractivity contribution in [3.8, 4) is 0 Å². The largest absolute Gasteiger partial charge is 0.372 e. The maximum Gasteiger partial charge on any atom is 0.0949 e. The molecule has 2 unspecified atom stereocenters. The first-order chi connectivity index (χ1) is 9.50. The van der Waals surface area contributed by atoms with Crippen molar-refractivity contribution in [3.63, 3.8) is 0 Å². The van der Waals surface area contributed by atoms with Gasteiger partial charge in [0.1, 0.15) is 0 Å². The Bertz CT molecular complexity index is 404. The highest BCUT2D eigenvalue weighted by molar-refractivity contribution is 5.24. The third kappa shape index (κ3) is 4.07. The Morgan fingerprint density at radius 2 is 1.90 bits per heavy atom. The van der Waals surface area contributed by atoms with E-state index in [-0.39, 0.29) is 6.10 Å². The third-order valence-corrected chi connectivity index (χ3v) is 4.21. The number of hydrogen-bond donors (Lipinski definition) is 1. The van der Waals surface area contributed by atoms with Crippen LogP contribution in [0.4, 0.5) is 0 Å². The van der Waals surface area contributed by atoms with Crippen molar-refractivity contribution in [2.45, 2.75) is 59.1 Å². The summed E-state index contributed by atoms with van der Waals surface area (Å²) in [5.74, 6) is 0. The summed E-state index contributed by atoms with van der Waals surface area (Å²) in [5.41, 5.74) is 3.01. The van der Waals surface area contributed by atoms with E-state index < -0.39 is 0 Å². The number of nitrogens with one attached hydrogen (secondary N) is 1. The van der Waals surface area contributed by atoms with E-state index in [4.69, 9.17) is 4.74 Å². The van der Waals surface area contributed by atoms with Crippen LogP contribution in [0.5, 0.6) is 0 Å². The smallest absolute Gasteiger partial charge is 0.0949 e. The van der Waals surface area contributed by atoms with Crippen LogP contribution in [-0.4, -0.2) is 19.2 Å². The van der Waals surface area contributed by atoms with Gasteiger partial charge in [0.05, 0.1) is 6.10 Å². The molecule has 1 aromatic rings. The van der Waals surface area contributed by atoms with Crippen LogP contribution in [0.3, 0.4) is 0 Å². The van der Waals surface area contributed by atoms with E-state index in [1.54, 1.807) is 0 Å². The molecule has 0 aromatic heterocycles. The Labute approximate surface area is 123 Å². The predicted molar refractivity (Wildman–Crippen MR) is 85.0 cm³/mol. The minimum Gasteiger partial charge on any atom is -0.372 e. The van der Waals surface area contributed by atoms with E-state index in [0.29, 0.717) is 11.5 Å². The first-order valence-electron chi connectivity index (χ1n) is 7.94. The molecule has 1 aliphatic heterocycles. The van der Waals surface area contributed by atoms with E-state index in [1.165, 1.54) is 17.5 Å². The number of aryl methyl sites for hydroxylation is 1. The minimum absolute atomic E-state index is 0.193. The standard InChI is InChI=1S/C18H29NO/c1-5-6-14-7-9-15(10-8-14)16-13-19-17(11-12-20-16)18(2,3)4/h7-10,16-17,19H,5-6,11-13H2,1-4H3. The number of ether oxygens (including phenoxy) is 1. The van der Waals surface area contributed by atoms with Gasteiger partial charge in [0.2, 0.25) is 0 Å². The second kappa shape index (κ2) is 6.73. The quantitative estimate of drug-likeness (QED) is 0.896. The maximum atomic E-state index is 6.05. The lowest BCUT2D eigenvalue weighted by atomic mass is 9.85. The summed E-state index contributed by atoms with van der Waals surface area (Å²) >= 11 is 0. The highest BCUT2D eigenvalue weighted by Gasteiger charge is 2.28. The molecule has 0 aliphatic carbocycles. The molecule has 20 heavy (non-hydrogen) atoms. The monoisotopic (exact) mass is 275 g/mol. The summed E-state index contributed by atoms with van der Waals surface area (Å²) in [6, 6.07) is 9.48. The van der Waals surface area contributed by atoms with Crippen molar-refractivity contribution in [3.05, 3.63) is 35.4 Å². The van der Waals surface area contributed by atoms with Crippen molar-refractivity contribution in [2.24, 2.45) is 5.41 Å². The second-order valence-corrected chi connectivity index (χ2v) is 6.97. The average Bonchev–Trinajstić information content (AvgIpc) is 2.65. The molecule has 2 rings (SSSR count). The van der Waals surface area contributed by atoms with Crippen LogP contribution < -0.4 is 5.32 Å². The van der Waals surface area contributed by atoms with Gasteiger partial charge in [-0.1, -0.05) is 58.4 Å². The zero-order chi connectivity index (χ0) is 14.6. The molecular weight excluding hydrogens is 246 g/mol. The van der Waals surface area contributed by atoms with E-state index in [1.807, 2.05) is 0 Å². The maximum absolute atomic E-state index is 6.05. The molecule has 1 heterocycles. The van der Waals surface area contributed by atoms with Gasteiger partial charge in [-0.25, -0.2) is 0 Å². The summed E-state index contributed by atoms with van der Waals surface area (Å²) in [6.07, 6.45) is 3.65. The average molecular weight is 275 g/mol. The van der Waals surface area contributed by atoms with Gasteiger partial charge in [0, 0.05) is 19.2 Å². The van der Waals surface area contributed by atoms with Crippen LogP contribution in [0, 0.1) is 5.41 Å². The van der Waals surface area contributed by atoms with E-state index in [9.17, 15) is 0 Å². The molecule has 2 nitrogen and oxygen atoms in total. The van der Waals surface area contributed by atoms with Gasteiger partial charge in [-0.15, -0.1) is 0 Å². The van der Waals surface area contributed by atoms with Gasteiger partial charge in [0.25, 0.3) is 0 Å². The van der Waals surface area contributed by atoms with Crippen molar-refractivity contribution in [1.29, 1.82) is 0 Å². The third-order valence-electron chi connectivity index (χ3n) is 4.21. The van der Waals surface area contributed by atoms with Crippen molar-refractivity contribution < 1.29 is 4.74 Å². The lowest BCUT2D eigenvalue weighted by Crippen LogP contribution is -2.40. The SMILES string of the molecule is CCCc1ccc(C2CNC(C(C)(C)C)CCO2)cc1. The van der Waals surface area contributed by atoms with E-state index in [0.717, 1.165) is 26.0 Å². The van der Waals surface area contributed by atoms with Crippen LogP contribution in [0.1, 0.15) is 57.8 Å². The molecule has 1 N–H and O–H groups in total.